The number of ketones is 2. The Labute approximate surface area is 263 Å². The maximum absolute atomic E-state index is 13.5. The molecule has 12 heteroatoms. The van der Waals surface area contributed by atoms with Gasteiger partial charge in [0.25, 0.3) is 0 Å². The number of carboxylic acid groups (broad SMARTS) is 1. The Bertz CT molecular complexity index is 1280. The van der Waals surface area contributed by atoms with Gasteiger partial charge < -0.3 is 30.7 Å². The summed E-state index contributed by atoms with van der Waals surface area (Å²) in [5, 5.41) is 37.2. The van der Waals surface area contributed by atoms with Gasteiger partial charge in [-0.3, -0.25) is 28.8 Å². The number of nitrogens with one attached hydrogen (secondary N) is 2. The summed E-state index contributed by atoms with van der Waals surface area (Å²) in [6.07, 6.45) is 3.99. The number of aliphatic hydroxyl groups is 2. The van der Waals surface area contributed by atoms with Gasteiger partial charge in [-0.1, -0.05) is 33.3 Å². The number of hydrogen-bond acceptors (Lipinski definition) is 9. The van der Waals surface area contributed by atoms with Gasteiger partial charge in [0.05, 0.1) is 12.5 Å². The Kier molecular flexibility index (Phi) is 9.99. The maximum atomic E-state index is 13.5. The van der Waals surface area contributed by atoms with Gasteiger partial charge in [0.1, 0.15) is 17.7 Å². The molecule has 0 saturated heterocycles. The lowest BCUT2D eigenvalue weighted by Crippen LogP contribution is -2.62. The molecule has 4 aliphatic carbocycles. The summed E-state index contributed by atoms with van der Waals surface area (Å²) < 4.78 is 5.19. The predicted octanol–water partition coefficient (Wildman–Crippen LogP) is 1.84. The van der Waals surface area contributed by atoms with Gasteiger partial charge in [0.2, 0.25) is 17.6 Å². The van der Waals surface area contributed by atoms with Crippen LogP contribution in [0, 0.1) is 34.5 Å². The van der Waals surface area contributed by atoms with Crippen molar-refractivity contribution in [1.29, 1.82) is 0 Å². The molecule has 0 aromatic carbocycles. The van der Waals surface area contributed by atoms with Gasteiger partial charge in [-0.05, 0) is 80.6 Å². The van der Waals surface area contributed by atoms with E-state index in [1.54, 1.807) is 19.9 Å². The fourth-order valence-electron chi connectivity index (χ4n) is 8.85. The summed E-state index contributed by atoms with van der Waals surface area (Å²) in [5.41, 5.74) is -1.89. The van der Waals surface area contributed by atoms with Crippen LogP contribution in [0.2, 0.25) is 0 Å². The molecule has 0 unspecified atom stereocenters. The minimum absolute atomic E-state index is 0.0140. The minimum atomic E-state index is -1.79. The highest BCUT2D eigenvalue weighted by Crippen LogP contribution is 2.67. The molecule has 4 aliphatic rings. The average Bonchev–Trinajstić information content (AvgIpc) is 3.23. The summed E-state index contributed by atoms with van der Waals surface area (Å²) in [5.74, 6) is -4.17. The van der Waals surface area contributed by atoms with Crippen molar-refractivity contribution in [3.8, 4) is 0 Å². The number of rotatable bonds is 11. The average molecular weight is 633 g/mol. The van der Waals surface area contributed by atoms with Crippen molar-refractivity contribution in [2.24, 2.45) is 34.5 Å². The molecular weight excluding hydrogens is 584 g/mol. The van der Waals surface area contributed by atoms with Crippen LogP contribution in [-0.2, 0) is 33.5 Å². The summed E-state index contributed by atoms with van der Waals surface area (Å²) in [7, 11) is 0. The van der Waals surface area contributed by atoms with E-state index < -0.39 is 65.3 Å². The van der Waals surface area contributed by atoms with Crippen LogP contribution in [0.1, 0.15) is 92.4 Å². The molecule has 250 valence electrons. The molecule has 4 rings (SSSR count). The number of carboxylic acids is 1. The first-order valence-corrected chi connectivity index (χ1v) is 16.1. The van der Waals surface area contributed by atoms with Crippen LogP contribution in [0.4, 0.5) is 0 Å². The summed E-state index contributed by atoms with van der Waals surface area (Å²) in [6, 6.07) is -2.16. The topological polar surface area (TPSA) is 196 Å². The van der Waals surface area contributed by atoms with Crippen molar-refractivity contribution in [1.82, 2.24) is 10.6 Å². The molecule has 45 heavy (non-hydrogen) atoms. The van der Waals surface area contributed by atoms with E-state index in [1.165, 1.54) is 6.92 Å². The van der Waals surface area contributed by atoms with Crippen LogP contribution in [0.5, 0.6) is 0 Å². The standard InChI is InChI=1S/C33H48N2O10/c1-17(2)28(29(41)34-18(3)30(42)43)35-25(39)8-9-26(40)45-16-24(38)33(44)13-11-22-21-7-6-19-14-20(36)10-12-31(19,4)27(21)23(37)15-32(22,33)5/h14,17-18,21-23,27-28,37,44H,6-13,15-16H2,1-5H3,(H,34,41)(H,35,39)(H,42,43)/t18-,21+,22+,23+,27-,28-,31+,32+,33+/m1/s1. The van der Waals surface area contributed by atoms with E-state index in [2.05, 4.69) is 17.6 Å². The number of carbonyl (C=O) groups is 6. The summed E-state index contributed by atoms with van der Waals surface area (Å²) in [4.78, 5) is 74.1. The van der Waals surface area contributed by atoms with Crippen LogP contribution in [0.25, 0.3) is 0 Å². The zero-order valence-corrected chi connectivity index (χ0v) is 26.9. The third-order valence-corrected chi connectivity index (χ3v) is 11.4. The lowest BCUT2D eigenvalue weighted by Gasteiger charge is -2.60. The predicted molar refractivity (Wildman–Crippen MR) is 160 cm³/mol. The fourth-order valence-corrected chi connectivity index (χ4v) is 8.85. The third-order valence-electron chi connectivity index (χ3n) is 11.4. The second-order valence-corrected chi connectivity index (χ2v) is 14.4. The number of aliphatic hydroxyl groups excluding tert-OH is 1. The van der Waals surface area contributed by atoms with Crippen molar-refractivity contribution in [2.45, 2.75) is 116 Å². The number of Topliss-reactive ketones (excluding diaryl/α,β-unsaturated/α-hetero) is 1. The van der Waals surface area contributed by atoms with E-state index in [0.717, 1.165) is 18.4 Å². The van der Waals surface area contributed by atoms with Crippen molar-refractivity contribution in [3.63, 3.8) is 0 Å². The number of hydrogen-bond donors (Lipinski definition) is 5. The molecular formula is C33H48N2O10. The molecule has 2 amide bonds. The summed E-state index contributed by atoms with van der Waals surface area (Å²) in [6.45, 7) is 7.99. The Hall–Kier alpha value is -3.12. The van der Waals surface area contributed by atoms with Gasteiger partial charge in [0.15, 0.2) is 12.4 Å². The first-order valence-electron chi connectivity index (χ1n) is 16.1. The van der Waals surface area contributed by atoms with Crippen molar-refractivity contribution in [3.05, 3.63) is 11.6 Å². The Balaban J connectivity index is 1.33. The lowest BCUT2D eigenvalue weighted by molar-refractivity contribution is -0.184. The molecule has 12 nitrogen and oxygen atoms in total. The second kappa shape index (κ2) is 12.9. The molecule has 0 aliphatic heterocycles. The van der Waals surface area contributed by atoms with Crippen LogP contribution < -0.4 is 10.6 Å². The number of ether oxygens (including phenoxy) is 1. The third kappa shape index (κ3) is 6.45. The van der Waals surface area contributed by atoms with Crippen LogP contribution >= 0.6 is 0 Å². The van der Waals surface area contributed by atoms with E-state index in [4.69, 9.17) is 9.84 Å². The normalized spacial score (nSPS) is 35.2. The van der Waals surface area contributed by atoms with E-state index in [-0.39, 0.29) is 60.6 Å². The summed E-state index contributed by atoms with van der Waals surface area (Å²) >= 11 is 0. The van der Waals surface area contributed by atoms with Gasteiger partial charge in [-0.2, -0.15) is 0 Å². The smallest absolute Gasteiger partial charge is 0.325 e. The highest BCUT2D eigenvalue weighted by Gasteiger charge is 2.68. The van der Waals surface area contributed by atoms with Gasteiger partial charge in [-0.15, -0.1) is 0 Å². The van der Waals surface area contributed by atoms with Gasteiger partial charge >= 0.3 is 11.9 Å². The van der Waals surface area contributed by atoms with E-state index in [0.29, 0.717) is 19.3 Å². The highest BCUT2D eigenvalue weighted by atomic mass is 16.5. The molecule has 3 saturated carbocycles. The maximum Gasteiger partial charge on any atom is 0.325 e. The van der Waals surface area contributed by atoms with Crippen LogP contribution in [-0.4, -0.2) is 81.0 Å². The molecule has 5 N–H and O–H groups in total. The second-order valence-electron chi connectivity index (χ2n) is 14.4. The van der Waals surface area contributed by atoms with Gasteiger partial charge in [-0.25, -0.2) is 0 Å². The quantitative estimate of drug-likeness (QED) is 0.210. The van der Waals surface area contributed by atoms with Crippen molar-refractivity contribution in [2.75, 3.05) is 6.61 Å². The first-order chi connectivity index (χ1) is 20.9. The highest BCUT2D eigenvalue weighted by molar-refractivity contribution is 5.93. The van der Waals surface area contributed by atoms with Crippen LogP contribution in [0.15, 0.2) is 11.6 Å². The van der Waals surface area contributed by atoms with E-state index in [1.807, 2.05) is 6.92 Å². The van der Waals surface area contributed by atoms with Crippen LogP contribution in [0.3, 0.4) is 0 Å². The molecule has 0 heterocycles. The molecule has 0 radical (unpaired) electrons. The molecule has 0 aromatic heterocycles. The largest absolute Gasteiger partial charge is 0.480 e. The minimum Gasteiger partial charge on any atom is -0.480 e. The Morgan fingerprint density at radius 1 is 1.02 bits per heavy atom. The van der Waals surface area contributed by atoms with Crippen molar-refractivity contribution < 1.29 is 48.8 Å². The molecule has 3 fully saturated rings. The number of aliphatic carboxylic acids is 1. The number of carbonyl (C=O) groups excluding carboxylic acids is 5. The monoisotopic (exact) mass is 632 g/mol. The lowest BCUT2D eigenvalue weighted by atomic mass is 9.45. The zero-order valence-electron chi connectivity index (χ0n) is 26.9. The fraction of sp³-hybridized carbons (Fsp3) is 0.758. The number of esters is 1. The van der Waals surface area contributed by atoms with Crippen molar-refractivity contribution >= 4 is 35.3 Å². The SMILES string of the molecule is CC(C)[C@@H](NC(=O)CCC(=O)OCC(=O)[C@@]1(O)CC[C@H]2[C@@H]3CCC4=CC(=O)CC[C@]4(C)[C@H]3[C@@H](O)C[C@@]21C)C(=O)N[C@H](C)C(=O)O. The number of amides is 2. The Morgan fingerprint density at radius 3 is 2.36 bits per heavy atom. The zero-order chi connectivity index (χ0) is 33.5. The number of allylic oxidation sites excluding steroid dienone is 1. The number of fused-ring (bicyclic) bond motifs is 5. The molecule has 9 atom stereocenters. The first kappa shape index (κ1) is 34.7. The van der Waals surface area contributed by atoms with E-state index >= 15 is 0 Å². The van der Waals surface area contributed by atoms with E-state index in [9.17, 15) is 39.0 Å². The molecule has 0 aromatic rings. The van der Waals surface area contributed by atoms with Gasteiger partial charge in [0, 0.05) is 18.3 Å². The molecule has 0 bridgehead atoms. The molecule has 0 spiro atoms. The Morgan fingerprint density at radius 2 is 1.71 bits per heavy atom.